The predicted molar refractivity (Wildman–Crippen MR) is 100 cm³/mol. The molecule has 1 heterocycles. The fourth-order valence-electron chi connectivity index (χ4n) is 2.09. The Bertz CT molecular complexity index is 936. The molecular weight excluding hydrogens is 458 g/mol. The molecule has 0 saturated carbocycles. The standard InChI is InChI=1S/C16H13Br2N3O2S/c17-13-3-1-12(2-4-13)11-21-10-9-16(19-21)20-24(22,23)15-7-5-14(18)6-8-15/h1-10H,11H2,(H,19,20). The van der Waals surface area contributed by atoms with Crippen LogP contribution in [0.4, 0.5) is 5.82 Å². The van der Waals surface area contributed by atoms with Gasteiger partial charge in [0.15, 0.2) is 5.82 Å². The molecule has 0 saturated heterocycles. The molecule has 8 heteroatoms. The van der Waals surface area contributed by atoms with Gasteiger partial charge in [-0.15, -0.1) is 0 Å². The maximum Gasteiger partial charge on any atom is 0.263 e. The van der Waals surface area contributed by atoms with Gasteiger partial charge in [0.25, 0.3) is 10.0 Å². The van der Waals surface area contributed by atoms with Gasteiger partial charge in [0.05, 0.1) is 11.4 Å². The zero-order chi connectivity index (χ0) is 17.2. The second kappa shape index (κ2) is 7.08. The van der Waals surface area contributed by atoms with Gasteiger partial charge in [0.1, 0.15) is 0 Å². The van der Waals surface area contributed by atoms with E-state index in [1.807, 2.05) is 24.3 Å². The number of hydrogen-bond acceptors (Lipinski definition) is 3. The summed E-state index contributed by atoms with van der Waals surface area (Å²) in [5.74, 6) is 0.287. The van der Waals surface area contributed by atoms with Crippen molar-refractivity contribution in [2.45, 2.75) is 11.4 Å². The van der Waals surface area contributed by atoms with Gasteiger partial charge < -0.3 is 0 Å². The van der Waals surface area contributed by atoms with Crippen molar-refractivity contribution in [2.75, 3.05) is 4.72 Å². The number of hydrogen-bond donors (Lipinski definition) is 1. The van der Waals surface area contributed by atoms with Gasteiger partial charge in [-0.2, -0.15) is 5.10 Å². The average molecular weight is 471 g/mol. The minimum absolute atomic E-state index is 0.188. The first kappa shape index (κ1) is 17.2. The van der Waals surface area contributed by atoms with E-state index < -0.39 is 10.0 Å². The molecular formula is C16H13Br2N3O2S. The molecule has 0 radical (unpaired) electrons. The number of benzene rings is 2. The lowest BCUT2D eigenvalue weighted by Crippen LogP contribution is -2.13. The zero-order valence-corrected chi connectivity index (χ0v) is 16.3. The normalized spacial score (nSPS) is 11.4. The van der Waals surface area contributed by atoms with Crippen LogP contribution in [-0.2, 0) is 16.6 Å². The van der Waals surface area contributed by atoms with E-state index in [9.17, 15) is 8.42 Å². The van der Waals surface area contributed by atoms with Crippen molar-refractivity contribution in [2.24, 2.45) is 0 Å². The first-order chi connectivity index (χ1) is 11.4. The highest BCUT2D eigenvalue weighted by atomic mass is 79.9. The quantitative estimate of drug-likeness (QED) is 0.605. The van der Waals surface area contributed by atoms with Crippen LogP contribution < -0.4 is 4.72 Å². The summed E-state index contributed by atoms with van der Waals surface area (Å²) in [5.41, 5.74) is 1.07. The van der Waals surface area contributed by atoms with Crippen molar-refractivity contribution in [3.05, 3.63) is 75.3 Å². The van der Waals surface area contributed by atoms with E-state index in [0.29, 0.717) is 6.54 Å². The van der Waals surface area contributed by atoms with E-state index in [1.54, 1.807) is 29.1 Å². The second-order valence-corrected chi connectivity index (χ2v) is 8.60. The number of nitrogens with one attached hydrogen (secondary N) is 1. The van der Waals surface area contributed by atoms with Crippen LogP contribution in [0.3, 0.4) is 0 Å². The number of rotatable bonds is 5. The number of anilines is 1. The Morgan fingerprint density at radius 1 is 0.917 bits per heavy atom. The minimum Gasteiger partial charge on any atom is -0.266 e. The van der Waals surface area contributed by atoms with Gasteiger partial charge in [-0.25, -0.2) is 8.42 Å². The van der Waals surface area contributed by atoms with Gasteiger partial charge in [-0.05, 0) is 42.0 Å². The highest BCUT2D eigenvalue weighted by Crippen LogP contribution is 2.18. The summed E-state index contributed by atoms with van der Waals surface area (Å²) in [5, 5.41) is 4.26. The highest BCUT2D eigenvalue weighted by molar-refractivity contribution is 9.10. The number of nitrogens with zero attached hydrogens (tertiary/aromatic N) is 2. The lowest BCUT2D eigenvalue weighted by Gasteiger charge is -2.06. The van der Waals surface area contributed by atoms with Gasteiger partial charge >= 0.3 is 0 Å². The van der Waals surface area contributed by atoms with Gasteiger partial charge in [0.2, 0.25) is 0 Å². The fourth-order valence-corrected chi connectivity index (χ4v) is 3.62. The number of halogens is 2. The molecule has 0 spiro atoms. The Morgan fingerprint density at radius 2 is 1.50 bits per heavy atom. The van der Waals surface area contributed by atoms with Crippen molar-refractivity contribution in [3.8, 4) is 0 Å². The molecule has 3 aromatic rings. The van der Waals surface area contributed by atoms with Crippen molar-refractivity contribution >= 4 is 47.7 Å². The van der Waals surface area contributed by atoms with Crippen LogP contribution in [0.15, 0.2) is 74.6 Å². The molecule has 24 heavy (non-hydrogen) atoms. The van der Waals surface area contributed by atoms with Gasteiger partial charge in [-0.1, -0.05) is 44.0 Å². The molecule has 3 rings (SSSR count). The van der Waals surface area contributed by atoms with E-state index in [1.165, 1.54) is 12.1 Å². The highest BCUT2D eigenvalue weighted by Gasteiger charge is 2.15. The third-order valence-electron chi connectivity index (χ3n) is 3.26. The summed E-state index contributed by atoms with van der Waals surface area (Å²) in [6, 6.07) is 15.9. The maximum absolute atomic E-state index is 12.3. The van der Waals surface area contributed by atoms with Crippen LogP contribution in [0.25, 0.3) is 0 Å². The maximum atomic E-state index is 12.3. The van der Waals surface area contributed by atoms with E-state index >= 15 is 0 Å². The Kier molecular flexibility index (Phi) is 5.07. The molecule has 0 aliphatic heterocycles. The lowest BCUT2D eigenvalue weighted by atomic mass is 10.2. The molecule has 1 aromatic heterocycles. The molecule has 0 atom stereocenters. The molecule has 0 aliphatic rings. The first-order valence-corrected chi connectivity index (χ1v) is 10.1. The summed E-state index contributed by atoms with van der Waals surface area (Å²) in [7, 11) is -3.65. The minimum atomic E-state index is -3.65. The van der Waals surface area contributed by atoms with Crippen LogP contribution in [0.1, 0.15) is 5.56 Å². The average Bonchev–Trinajstić information content (AvgIpc) is 2.96. The van der Waals surface area contributed by atoms with Crippen molar-refractivity contribution in [3.63, 3.8) is 0 Å². The van der Waals surface area contributed by atoms with Crippen molar-refractivity contribution < 1.29 is 8.42 Å². The molecule has 0 bridgehead atoms. The van der Waals surface area contributed by atoms with E-state index in [0.717, 1.165) is 14.5 Å². The monoisotopic (exact) mass is 469 g/mol. The lowest BCUT2D eigenvalue weighted by molar-refractivity contribution is 0.600. The van der Waals surface area contributed by atoms with Crippen LogP contribution in [0, 0.1) is 0 Å². The van der Waals surface area contributed by atoms with E-state index in [2.05, 4.69) is 41.7 Å². The Labute approximate surface area is 157 Å². The van der Waals surface area contributed by atoms with Crippen molar-refractivity contribution in [1.82, 2.24) is 9.78 Å². The van der Waals surface area contributed by atoms with Gasteiger partial charge in [-0.3, -0.25) is 9.40 Å². The summed E-state index contributed by atoms with van der Waals surface area (Å²) in [6.07, 6.45) is 1.74. The van der Waals surface area contributed by atoms with Gasteiger partial charge in [0, 0.05) is 21.2 Å². The second-order valence-electron chi connectivity index (χ2n) is 5.08. The molecule has 0 unspecified atom stereocenters. The summed E-state index contributed by atoms with van der Waals surface area (Å²) >= 11 is 6.68. The zero-order valence-electron chi connectivity index (χ0n) is 12.4. The first-order valence-electron chi connectivity index (χ1n) is 6.99. The molecule has 0 fully saturated rings. The SMILES string of the molecule is O=S(=O)(Nc1ccn(Cc2ccc(Br)cc2)n1)c1ccc(Br)cc1. The third kappa shape index (κ3) is 4.25. The van der Waals surface area contributed by atoms with E-state index in [4.69, 9.17) is 0 Å². The molecule has 0 amide bonds. The summed E-state index contributed by atoms with van der Waals surface area (Å²) < 4.78 is 30.7. The molecule has 5 nitrogen and oxygen atoms in total. The Balaban J connectivity index is 1.73. The molecule has 2 aromatic carbocycles. The topological polar surface area (TPSA) is 64.0 Å². The van der Waals surface area contributed by atoms with E-state index in [-0.39, 0.29) is 10.7 Å². The van der Waals surface area contributed by atoms with Crippen LogP contribution in [0.2, 0.25) is 0 Å². The van der Waals surface area contributed by atoms with Crippen LogP contribution in [0.5, 0.6) is 0 Å². The molecule has 1 N–H and O–H groups in total. The molecule has 0 aliphatic carbocycles. The molecule has 124 valence electrons. The largest absolute Gasteiger partial charge is 0.266 e. The van der Waals surface area contributed by atoms with Crippen LogP contribution in [-0.4, -0.2) is 18.2 Å². The Hall–Kier alpha value is -1.64. The smallest absolute Gasteiger partial charge is 0.263 e. The van der Waals surface area contributed by atoms with Crippen LogP contribution >= 0.6 is 31.9 Å². The Morgan fingerprint density at radius 3 is 2.12 bits per heavy atom. The third-order valence-corrected chi connectivity index (χ3v) is 5.69. The fraction of sp³-hybridized carbons (Fsp3) is 0.0625. The summed E-state index contributed by atoms with van der Waals surface area (Å²) in [4.78, 5) is 0.188. The van der Waals surface area contributed by atoms with Crippen molar-refractivity contribution in [1.29, 1.82) is 0 Å². The summed E-state index contributed by atoms with van der Waals surface area (Å²) in [6.45, 7) is 0.563. The number of sulfonamides is 1. The number of aromatic nitrogens is 2. The predicted octanol–water partition coefficient (Wildman–Crippen LogP) is 4.26.